The lowest BCUT2D eigenvalue weighted by atomic mass is 10.0. The van der Waals surface area contributed by atoms with Gasteiger partial charge in [0.2, 0.25) is 23.6 Å². The Morgan fingerprint density at radius 1 is 0.882 bits per heavy atom. The first-order valence-corrected chi connectivity index (χ1v) is 12.7. The summed E-state index contributed by atoms with van der Waals surface area (Å²) in [6.07, 6.45) is 3.33. The van der Waals surface area contributed by atoms with Gasteiger partial charge >= 0.3 is 5.97 Å². The second kappa shape index (κ2) is 17.1. The van der Waals surface area contributed by atoms with Gasteiger partial charge in [0.05, 0.1) is 12.5 Å². The van der Waals surface area contributed by atoms with Crippen LogP contribution in [0, 0.1) is 5.92 Å². The molecule has 0 aromatic carbocycles. The first-order valence-electron chi connectivity index (χ1n) is 11.3. The number of nitrogens with two attached hydrogens (primary N) is 3. The van der Waals surface area contributed by atoms with Gasteiger partial charge in [-0.3, -0.25) is 19.2 Å². The van der Waals surface area contributed by atoms with E-state index in [-0.39, 0.29) is 31.6 Å². The smallest absolute Gasteiger partial charge is 0.326 e. The van der Waals surface area contributed by atoms with Crippen molar-refractivity contribution < 1.29 is 29.1 Å². The van der Waals surface area contributed by atoms with Crippen LogP contribution in [-0.4, -0.2) is 77.4 Å². The number of primary amides is 1. The van der Waals surface area contributed by atoms with Crippen LogP contribution in [0.25, 0.3) is 0 Å². The highest BCUT2D eigenvalue weighted by atomic mass is 32.2. The topological polar surface area (TPSA) is 220 Å². The first kappa shape index (κ1) is 31.6. The Morgan fingerprint density at radius 2 is 1.41 bits per heavy atom. The van der Waals surface area contributed by atoms with Crippen molar-refractivity contribution in [3.05, 3.63) is 0 Å². The molecule has 0 spiro atoms. The summed E-state index contributed by atoms with van der Waals surface area (Å²) in [5, 5.41) is 17.1. The maximum absolute atomic E-state index is 13.0. The fraction of sp³-hybridized carbons (Fsp3) is 0.762. The maximum atomic E-state index is 13.0. The van der Waals surface area contributed by atoms with E-state index in [9.17, 15) is 29.1 Å². The van der Waals surface area contributed by atoms with E-state index in [2.05, 4.69) is 16.0 Å². The van der Waals surface area contributed by atoms with Crippen LogP contribution in [0.2, 0.25) is 0 Å². The molecule has 4 unspecified atom stereocenters. The van der Waals surface area contributed by atoms with E-state index in [1.54, 1.807) is 0 Å². The molecular formula is C21H40N6O6S. The van der Waals surface area contributed by atoms with Gasteiger partial charge in [-0.25, -0.2) is 4.79 Å². The van der Waals surface area contributed by atoms with Crippen LogP contribution in [-0.2, 0) is 24.0 Å². The fourth-order valence-electron chi connectivity index (χ4n) is 3.09. The lowest BCUT2D eigenvalue weighted by molar-refractivity contribution is -0.142. The normalized spacial score (nSPS) is 14.5. The van der Waals surface area contributed by atoms with Crippen LogP contribution < -0.4 is 33.2 Å². The Bertz CT molecular complexity index is 693. The number of aliphatic carboxylic acids is 1. The summed E-state index contributed by atoms with van der Waals surface area (Å²) < 4.78 is 0. The van der Waals surface area contributed by atoms with E-state index in [1.807, 2.05) is 20.1 Å². The van der Waals surface area contributed by atoms with Crippen LogP contribution in [0.5, 0.6) is 0 Å². The third kappa shape index (κ3) is 13.4. The lowest BCUT2D eigenvalue weighted by Crippen LogP contribution is -2.57. The summed E-state index contributed by atoms with van der Waals surface area (Å²) in [4.78, 5) is 60.8. The Morgan fingerprint density at radius 3 is 1.88 bits per heavy atom. The zero-order valence-corrected chi connectivity index (χ0v) is 21.0. The first-order chi connectivity index (χ1) is 15.9. The van der Waals surface area contributed by atoms with Gasteiger partial charge in [0, 0.05) is 0 Å². The van der Waals surface area contributed by atoms with E-state index >= 15 is 0 Å². The molecule has 0 saturated carbocycles. The quantitative estimate of drug-likeness (QED) is 0.110. The molecule has 0 aromatic rings. The molecule has 4 amide bonds. The van der Waals surface area contributed by atoms with E-state index in [0.717, 1.165) is 0 Å². The molecule has 13 heteroatoms. The standard InChI is InChI=1S/C21H40N6O6S/c1-12(2)10-16(21(32)33)27-20(31)15(7-9-34-3)26-19(30)14(6-4-5-8-22)25-18(29)13(23)11-17(24)28/h12-16H,4-11,22-23H2,1-3H3,(H2,24,28)(H,25,29)(H,26,30)(H,27,31)(H,32,33). The van der Waals surface area contributed by atoms with Crippen molar-refractivity contribution in [3.63, 3.8) is 0 Å². The third-order valence-corrected chi connectivity index (χ3v) is 5.55. The highest BCUT2D eigenvalue weighted by molar-refractivity contribution is 7.98. The number of thioether (sulfide) groups is 1. The lowest BCUT2D eigenvalue weighted by Gasteiger charge is -2.25. The molecule has 0 aliphatic heterocycles. The van der Waals surface area contributed by atoms with Crippen LogP contribution in [0.1, 0.15) is 52.4 Å². The Balaban J connectivity index is 5.47. The van der Waals surface area contributed by atoms with Gasteiger partial charge in [-0.05, 0) is 56.6 Å². The number of nitrogens with one attached hydrogen (secondary N) is 3. The predicted octanol–water partition coefficient (Wildman–Crippen LogP) is -1.34. The third-order valence-electron chi connectivity index (χ3n) is 4.90. The average molecular weight is 505 g/mol. The molecule has 12 nitrogen and oxygen atoms in total. The van der Waals surface area contributed by atoms with Crippen LogP contribution >= 0.6 is 11.8 Å². The van der Waals surface area contributed by atoms with Crippen molar-refractivity contribution in [1.29, 1.82) is 0 Å². The summed E-state index contributed by atoms with van der Waals surface area (Å²) >= 11 is 1.46. The molecule has 0 rings (SSSR count). The molecular weight excluding hydrogens is 464 g/mol. The van der Waals surface area contributed by atoms with Crippen molar-refractivity contribution in [3.8, 4) is 0 Å². The molecule has 0 heterocycles. The molecule has 0 bridgehead atoms. The van der Waals surface area contributed by atoms with Gasteiger partial charge in [0.25, 0.3) is 0 Å². The van der Waals surface area contributed by atoms with E-state index in [4.69, 9.17) is 17.2 Å². The summed E-state index contributed by atoms with van der Waals surface area (Å²) in [6, 6.07) is -4.33. The predicted molar refractivity (Wildman–Crippen MR) is 131 cm³/mol. The number of unbranched alkanes of at least 4 members (excludes halogenated alkanes) is 1. The second-order valence-corrected chi connectivity index (χ2v) is 9.48. The number of hydrogen-bond donors (Lipinski definition) is 7. The van der Waals surface area contributed by atoms with Gasteiger partial charge in [-0.15, -0.1) is 0 Å². The fourth-order valence-corrected chi connectivity index (χ4v) is 3.56. The maximum Gasteiger partial charge on any atom is 0.326 e. The summed E-state index contributed by atoms with van der Waals surface area (Å²) in [5.41, 5.74) is 16.3. The second-order valence-electron chi connectivity index (χ2n) is 8.49. The minimum atomic E-state index is -1.22. The molecule has 0 aliphatic carbocycles. The van der Waals surface area contributed by atoms with E-state index in [1.165, 1.54) is 11.8 Å². The highest BCUT2D eigenvalue weighted by Crippen LogP contribution is 2.09. The molecule has 0 aliphatic rings. The summed E-state index contributed by atoms with van der Waals surface area (Å²) in [5.74, 6) is -3.30. The van der Waals surface area contributed by atoms with Crippen LogP contribution in [0.3, 0.4) is 0 Å². The number of carboxylic acid groups (broad SMARTS) is 1. The minimum absolute atomic E-state index is 0.0346. The Hall–Kier alpha value is -2.38. The molecule has 0 fully saturated rings. The molecule has 0 radical (unpaired) electrons. The molecule has 0 saturated heterocycles. The number of carbonyl (C=O) groups is 5. The molecule has 34 heavy (non-hydrogen) atoms. The van der Waals surface area contributed by atoms with Crippen molar-refractivity contribution in [1.82, 2.24) is 16.0 Å². The molecule has 10 N–H and O–H groups in total. The van der Waals surface area contributed by atoms with Gasteiger partial charge in [0.15, 0.2) is 0 Å². The number of hydrogen-bond acceptors (Lipinski definition) is 8. The monoisotopic (exact) mass is 504 g/mol. The largest absolute Gasteiger partial charge is 0.480 e. The SMILES string of the molecule is CSCCC(NC(=O)C(CCCCN)NC(=O)C(N)CC(N)=O)C(=O)NC(CC(C)C)C(=O)O. The van der Waals surface area contributed by atoms with Crippen molar-refractivity contribution in [2.75, 3.05) is 18.6 Å². The average Bonchev–Trinajstić information content (AvgIpc) is 2.74. The minimum Gasteiger partial charge on any atom is -0.480 e. The van der Waals surface area contributed by atoms with Gasteiger partial charge in [-0.1, -0.05) is 13.8 Å². The number of rotatable bonds is 18. The molecule has 4 atom stereocenters. The van der Waals surface area contributed by atoms with Crippen molar-refractivity contribution in [2.45, 2.75) is 76.5 Å². The number of carbonyl (C=O) groups excluding carboxylic acids is 4. The van der Waals surface area contributed by atoms with Gasteiger partial charge < -0.3 is 38.3 Å². The zero-order chi connectivity index (χ0) is 26.3. The van der Waals surface area contributed by atoms with Crippen LogP contribution in [0.15, 0.2) is 0 Å². The van der Waals surface area contributed by atoms with Gasteiger partial charge in [0.1, 0.15) is 18.1 Å². The number of amides is 4. The summed E-state index contributed by atoms with van der Waals surface area (Å²) in [7, 11) is 0. The van der Waals surface area contributed by atoms with Crippen molar-refractivity contribution in [2.24, 2.45) is 23.1 Å². The number of carboxylic acids is 1. The van der Waals surface area contributed by atoms with Crippen LogP contribution in [0.4, 0.5) is 0 Å². The van der Waals surface area contributed by atoms with Gasteiger partial charge in [-0.2, -0.15) is 11.8 Å². The Labute approximate surface area is 204 Å². The Kier molecular flexibility index (Phi) is 15.9. The van der Waals surface area contributed by atoms with E-state index in [0.29, 0.717) is 25.1 Å². The highest BCUT2D eigenvalue weighted by Gasteiger charge is 2.30. The van der Waals surface area contributed by atoms with E-state index < -0.39 is 53.8 Å². The molecule has 196 valence electrons. The zero-order valence-electron chi connectivity index (χ0n) is 20.2. The summed E-state index contributed by atoms with van der Waals surface area (Å²) in [6.45, 7) is 4.08. The molecule has 0 aromatic heterocycles. The van der Waals surface area contributed by atoms with Crippen molar-refractivity contribution >= 4 is 41.4 Å².